The van der Waals surface area contributed by atoms with Crippen LogP contribution in [0.25, 0.3) is 11.0 Å². The molecule has 0 radical (unpaired) electrons. The van der Waals surface area contributed by atoms with E-state index in [9.17, 15) is 22.0 Å². The van der Waals surface area contributed by atoms with Crippen molar-refractivity contribution in [3.05, 3.63) is 48.8 Å². The molecule has 4 rings (SSSR count). The van der Waals surface area contributed by atoms with Crippen LogP contribution in [0.5, 0.6) is 0 Å². The van der Waals surface area contributed by atoms with Crippen LogP contribution in [0.15, 0.2) is 53.7 Å². The highest BCUT2D eigenvalue weighted by Gasteiger charge is 2.33. The fourth-order valence-corrected chi connectivity index (χ4v) is 4.56. The lowest BCUT2D eigenvalue weighted by molar-refractivity contribution is -0.132. The Balaban J connectivity index is 1.88. The molecule has 152 valence electrons. The number of rotatable bonds is 5. The van der Waals surface area contributed by atoms with Crippen LogP contribution in [0.3, 0.4) is 0 Å². The summed E-state index contributed by atoms with van der Waals surface area (Å²) >= 11 is 0. The molecule has 0 bridgehead atoms. The summed E-state index contributed by atoms with van der Waals surface area (Å²) in [4.78, 5) is 17.8. The summed E-state index contributed by atoms with van der Waals surface area (Å²) < 4.78 is 56.7. The number of fused-ring (bicyclic) bond motifs is 3. The van der Waals surface area contributed by atoms with Gasteiger partial charge in [-0.1, -0.05) is 18.2 Å². The van der Waals surface area contributed by atoms with E-state index in [0.29, 0.717) is 11.1 Å². The second-order valence-electron chi connectivity index (χ2n) is 6.38. The van der Waals surface area contributed by atoms with Gasteiger partial charge >= 0.3 is 6.61 Å². The molecule has 3 heterocycles. The fourth-order valence-electron chi connectivity index (χ4n) is 3.24. The molecule has 29 heavy (non-hydrogen) atoms. The van der Waals surface area contributed by atoms with Crippen LogP contribution in [-0.2, 0) is 19.6 Å². The van der Waals surface area contributed by atoms with E-state index < -0.39 is 35.3 Å². The van der Waals surface area contributed by atoms with Crippen molar-refractivity contribution in [2.24, 2.45) is 0 Å². The number of carbonyl (C=O) groups excluding carboxylic acids is 1. The molecule has 1 aromatic carbocycles. The molecule has 11 heteroatoms. The van der Waals surface area contributed by atoms with Crippen LogP contribution in [0, 0.1) is 0 Å². The first kappa shape index (κ1) is 19.3. The van der Waals surface area contributed by atoms with E-state index in [0.717, 1.165) is 3.97 Å². The molecular weight excluding hydrogens is 406 g/mol. The number of pyridine rings is 1. The first-order valence-electron chi connectivity index (χ1n) is 8.58. The number of nitrogens with zero attached hydrogens (tertiary/aromatic N) is 3. The zero-order valence-corrected chi connectivity index (χ0v) is 15.9. The Bertz CT molecular complexity index is 1180. The van der Waals surface area contributed by atoms with Gasteiger partial charge in [0, 0.05) is 11.6 Å². The first-order valence-corrected chi connectivity index (χ1v) is 10.0. The smallest absolute Gasteiger partial charge is 0.334 e. The monoisotopic (exact) mass is 422 g/mol. The highest BCUT2D eigenvalue weighted by Crippen LogP contribution is 2.39. The normalized spacial score (nSPS) is 16.9. The number of benzene rings is 1. The van der Waals surface area contributed by atoms with Crippen molar-refractivity contribution in [2.75, 3.05) is 16.9 Å². The van der Waals surface area contributed by atoms with Gasteiger partial charge in [0.1, 0.15) is 12.8 Å². The molecule has 0 aliphatic carbocycles. The van der Waals surface area contributed by atoms with Crippen LogP contribution in [0.1, 0.15) is 6.92 Å². The molecule has 2 aromatic heterocycles. The minimum Gasteiger partial charge on any atom is -0.334 e. The Kier molecular flexibility index (Phi) is 4.71. The van der Waals surface area contributed by atoms with Crippen LogP contribution < -0.4 is 10.2 Å². The SMILES string of the molecule is CC1C(=O)Nc2cnc3c(ccn3S(=O)(=O)c3ccccc3)c2N1COC(F)F. The average molecular weight is 422 g/mol. The van der Waals surface area contributed by atoms with E-state index in [2.05, 4.69) is 15.0 Å². The standard InChI is InChI=1S/C18H16F2N4O4S/c1-11-17(25)22-14-9-21-16-13(15(14)23(11)10-28-18(19)20)7-8-24(16)29(26,27)12-5-3-2-4-6-12/h2-9,11,18H,10H2,1H3,(H,22,25). The number of alkyl halides is 2. The van der Waals surface area contributed by atoms with Crippen molar-refractivity contribution in [3.63, 3.8) is 0 Å². The van der Waals surface area contributed by atoms with Crippen molar-refractivity contribution in [1.82, 2.24) is 8.96 Å². The number of carbonyl (C=O) groups is 1. The topological polar surface area (TPSA) is 93.5 Å². The summed E-state index contributed by atoms with van der Waals surface area (Å²) in [5.74, 6) is -0.409. The largest absolute Gasteiger partial charge is 0.346 e. The molecule has 0 spiro atoms. The maximum atomic E-state index is 13.0. The van der Waals surface area contributed by atoms with Gasteiger partial charge in [0.15, 0.2) is 5.65 Å². The lowest BCUT2D eigenvalue weighted by atomic mass is 10.1. The first-order chi connectivity index (χ1) is 13.8. The van der Waals surface area contributed by atoms with E-state index >= 15 is 0 Å². The third kappa shape index (κ3) is 3.21. The summed E-state index contributed by atoms with van der Waals surface area (Å²) in [6.45, 7) is -2.03. The third-order valence-electron chi connectivity index (χ3n) is 4.68. The summed E-state index contributed by atoms with van der Waals surface area (Å²) in [6.07, 6.45) is 2.64. The van der Waals surface area contributed by atoms with Gasteiger partial charge in [-0.05, 0) is 25.1 Å². The van der Waals surface area contributed by atoms with Gasteiger partial charge in [-0.15, -0.1) is 0 Å². The number of amides is 1. The Hall–Kier alpha value is -3.05. The molecule has 8 nitrogen and oxygen atoms in total. The molecule has 1 amide bonds. The van der Waals surface area contributed by atoms with Crippen LogP contribution in [0.2, 0.25) is 0 Å². The summed E-state index contributed by atoms with van der Waals surface area (Å²) in [6, 6.07) is 8.55. The van der Waals surface area contributed by atoms with Gasteiger partial charge in [0.2, 0.25) is 5.91 Å². The zero-order valence-electron chi connectivity index (χ0n) is 15.1. The Labute approximate surface area is 164 Å². The van der Waals surface area contributed by atoms with Crippen molar-refractivity contribution in [2.45, 2.75) is 24.5 Å². The number of hydrogen-bond donors (Lipinski definition) is 1. The third-order valence-corrected chi connectivity index (χ3v) is 6.36. The van der Waals surface area contributed by atoms with Crippen molar-refractivity contribution >= 4 is 38.3 Å². The number of anilines is 2. The number of nitrogens with one attached hydrogen (secondary N) is 1. The van der Waals surface area contributed by atoms with E-state index in [-0.39, 0.29) is 16.2 Å². The molecule has 1 N–H and O–H groups in total. The number of ether oxygens (including phenoxy) is 1. The molecule has 1 aliphatic rings. The molecular formula is C18H16F2N4O4S. The van der Waals surface area contributed by atoms with Crippen LogP contribution in [0.4, 0.5) is 20.2 Å². The highest BCUT2D eigenvalue weighted by atomic mass is 32.2. The van der Waals surface area contributed by atoms with Gasteiger partial charge in [-0.25, -0.2) is 17.4 Å². The molecule has 3 aromatic rings. The quantitative estimate of drug-likeness (QED) is 0.680. The average Bonchev–Trinajstić information content (AvgIpc) is 3.14. The van der Waals surface area contributed by atoms with Gasteiger partial charge in [0.25, 0.3) is 10.0 Å². The highest BCUT2D eigenvalue weighted by molar-refractivity contribution is 7.90. The summed E-state index contributed by atoms with van der Waals surface area (Å²) in [5, 5.41) is 3.04. The second kappa shape index (κ2) is 7.08. The lowest BCUT2D eigenvalue weighted by Gasteiger charge is -2.36. The van der Waals surface area contributed by atoms with E-state index in [1.54, 1.807) is 18.2 Å². The van der Waals surface area contributed by atoms with E-state index in [1.165, 1.54) is 42.4 Å². The second-order valence-corrected chi connectivity index (χ2v) is 8.19. The van der Waals surface area contributed by atoms with Crippen LogP contribution >= 0.6 is 0 Å². The number of hydrogen-bond acceptors (Lipinski definition) is 6. The molecule has 1 aliphatic heterocycles. The molecule has 0 saturated carbocycles. The number of halogens is 2. The van der Waals surface area contributed by atoms with Crippen molar-refractivity contribution < 1.29 is 26.7 Å². The Morgan fingerprint density at radius 2 is 1.97 bits per heavy atom. The van der Waals surface area contributed by atoms with Gasteiger partial charge in [0.05, 0.1) is 22.5 Å². The predicted octanol–water partition coefficient (Wildman–Crippen LogP) is 2.62. The van der Waals surface area contributed by atoms with E-state index in [4.69, 9.17) is 0 Å². The summed E-state index contributed by atoms with van der Waals surface area (Å²) in [7, 11) is -3.92. The Morgan fingerprint density at radius 1 is 1.24 bits per heavy atom. The molecule has 1 unspecified atom stereocenters. The van der Waals surface area contributed by atoms with Gasteiger partial charge < -0.3 is 15.0 Å². The lowest BCUT2D eigenvalue weighted by Crippen LogP contribution is -2.47. The summed E-state index contributed by atoms with van der Waals surface area (Å²) in [5.41, 5.74) is 0.760. The maximum absolute atomic E-state index is 13.0. The minimum absolute atomic E-state index is 0.0802. The van der Waals surface area contributed by atoms with Crippen LogP contribution in [-0.4, -0.2) is 42.7 Å². The fraction of sp³-hybridized carbons (Fsp3) is 0.222. The Morgan fingerprint density at radius 3 is 2.66 bits per heavy atom. The predicted molar refractivity (Wildman–Crippen MR) is 101 cm³/mol. The minimum atomic E-state index is -3.92. The van der Waals surface area contributed by atoms with E-state index in [1.807, 2.05) is 0 Å². The molecule has 0 saturated heterocycles. The number of aromatic nitrogens is 2. The molecule has 0 fully saturated rings. The van der Waals surface area contributed by atoms with Crippen molar-refractivity contribution in [3.8, 4) is 0 Å². The van der Waals surface area contributed by atoms with Crippen molar-refractivity contribution in [1.29, 1.82) is 0 Å². The van der Waals surface area contributed by atoms with Gasteiger partial charge in [-0.2, -0.15) is 8.78 Å². The van der Waals surface area contributed by atoms with Gasteiger partial charge in [-0.3, -0.25) is 4.79 Å². The zero-order chi connectivity index (χ0) is 20.8. The molecule has 1 atom stereocenters. The maximum Gasteiger partial charge on any atom is 0.346 e.